The van der Waals surface area contributed by atoms with E-state index in [0.717, 1.165) is 48.3 Å². The predicted octanol–water partition coefficient (Wildman–Crippen LogP) is 5.14. The van der Waals surface area contributed by atoms with Gasteiger partial charge in [-0.3, -0.25) is 28.8 Å². The lowest BCUT2D eigenvalue weighted by molar-refractivity contribution is -0.144. The molecular weight excluding hydrogens is 851 g/mol. The SMILES string of the molecule is CC[C@]1(C)NC(=O)[C@H](CCC=CCC(=O)[C@@H](C)O[Si](c2ccccc2)(c2ccccc2)C(C)(C)C)NC(=O)[C@H]2CCCN2C(=O)[C@H](Cc2ccc(OCC(=O)N3CCCCC3)cc2)NC1=O. The molecule has 5 amide bonds. The Balaban J connectivity index is 1.10. The van der Waals surface area contributed by atoms with Crippen LogP contribution in [0.25, 0.3) is 0 Å². The molecule has 13 nitrogen and oxygen atoms in total. The summed E-state index contributed by atoms with van der Waals surface area (Å²) in [5.41, 5.74) is -0.654. The molecule has 3 aromatic rings. The van der Waals surface area contributed by atoms with Gasteiger partial charge in [0.05, 0.1) is 0 Å². The van der Waals surface area contributed by atoms with E-state index in [0.29, 0.717) is 31.6 Å². The van der Waals surface area contributed by atoms with Gasteiger partial charge in [0.25, 0.3) is 14.2 Å². The van der Waals surface area contributed by atoms with Crippen LogP contribution in [-0.4, -0.2) is 109 Å². The van der Waals surface area contributed by atoms with Crippen molar-refractivity contribution in [2.45, 2.75) is 141 Å². The van der Waals surface area contributed by atoms with E-state index in [2.05, 4.69) is 61.0 Å². The number of nitrogens with zero attached hydrogens (tertiary/aromatic N) is 2. The Kier molecular flexibility index (Phi) is 16.8. The van der Waals surface area contributed by atoms with Crippen LogP contribution in [-0.2, 0) is 39.6 Å². The molecule has 66 heavy (non-hydrogen) atoms. The highest BCUT2D eigenvalue weighted by Crippen LogP contribution is 2.37. The van der Waals surface area contributed by atoms with Crippen molar-refractivity contribution in [2.75, 3.05) is 26.2 Å². The summed E-state index contributed by atoms with van der Waals surface area (Å²) < 4.78 is 12.8. The van der Waals surface area contributed by atoms with Gasteiger partial charge in [-0.25, -0.2) is 0 Å². The van der Waals surface area contributed by atoms with Crippen LogP contribution in [0.4, 0.5) is 0 Å². The van der Waals surface area contributed by atoms with Gasteiger partial charge in [-0.1, -0.05) is 113 Å². The fraction of sp³-hybridized carbons (Fsp3) is 0.500. The molecule has 0 spiro atoms. The zero-order chi connectivity index (χ0) is 47.5. The first kappa shape index (κ1) is 49.8. The molecule has 3 N–H and O–H groups in total. The number of allylic oxidation sites excluding steroid dienone is 2. The van der Waals surface area contributed by atoms with Crippen LogP contribution < -0.4 is 31.1 Å². The molecule has 0 aliphatic carbocycles. The first-order valence-corrected chi connectivity index (χ1v) is 25.7. The second kappa shape index (κ2) is 22.3. The van der Waals surface area contributed by atoms with E-state index in [9.17, 15) is 28.8 Å². The second-order valence-corrected chi connectivity index (χ2v) is 23.4. The van der Waals surface area contributed by atoms with E-state index in [4.69, 9.17) is 9.16 Å². The number of nitrogens with one attached hydrogen (secondary N) is 3. The number of amides is 5. The minimum atomic E-state index is -2.95. The number of hydrogen-bond acceptors (Lipinski definition) is 8. The van der Waals surface area contributed by atoms with Crippen molar-refractivity contribution in [2.24, 2.45) is 0 Å². The Labute approximate surface area is 391 Å². The van der Waals surface area contributed by atoms with Gasteiger partial charge in [-0.2, -0.15) is 0 Å². The van der Waals surface area contributed by atoms with Crippen molar-refractivity contribution >= 4 is 54.0 Å². The molecule has 3 fully saturated rings. The van der Waals surface area contributed by atoms with Crippen molar-refractivity contribution in [1.29, 1.82) is 0 Å². The van der Waals surface area contributed by atoms with E-state index in [-0.39, 0.29) is 54.9 Å². The third kappa shape index (κ3) is 11.9. The highest BCUT2D eigenvalue weighted by atomic mass is 28.4. The molecule has 3 heterocycles. The molecule has 14 heteroatoms. The molecule has 0 unspecified atom stereocenters. The number of ether oxygens (including phenoxy) is 1. The summed E-state index contributed by atoms with van der Waals surface area (Å²) in [6, 6.07) is 24.6. The Morgan fingerprint density at radius 3 is 2.06 bits per heavy atom. The summed E-state index contributed by atoms with van der Waals surface area (Å²) in [6.45, 7) is 13.5. The van der Waals surface area contributed by atoms with E-state index >= 15 is 0 Å². The average molecular weight is 920 g/mol. The molecule has 0 bridgehead atoms. The number of benzene rings is 3. The van der Waals surface area contributed by atoms with Crippen molar-refractivity contribution < 1.29 is 37.9 Å². The normalized spacial score (nSPS) is 22.7. The Bertz CT molecular complexity index is 2150. The number of hydrogen-bond donors (Lipinski definition) is 3. The molecule has 3 saturated heterocycles. The Hall–Kier alpha value is -5.60. The summed E-state index contributed by atoms with van der Waals surface area (Å²) in [6.07, 6.45) is 8.08. The maximum absolute atomic E-state index is 14.3. The molecular formula is C52H69N5O8Si. The van der Waals surface area contributed by atoms with Crippen LogP contribution in [0, 0.1) is 0 Å². The number of likely N-dealkylation sites (tertiary alicyclic amines) is 1. The van der Waals surface area contributed by atoms with Gasteiger partial charge in [-0.15, -0.1) is 0 Å². The molecule has 0 saturated carbocycles. The standard InChI is InChI=1S/C52H69N5O8Si/c1-7-52(6)50(63)54-43(35-38-28-30-39(31-29-38)64-36-46(59)56-32-18-11-19-33-56)49(62)57-34-20-26-44(57)48(61)53-42(47(60)55-52)25-16-10-17-27-45(58)37(2)65-66(51(3,4)5,40-21-12-8-13-22-40)41-23-14-9-15-24-41/h8-10,12-15,17,21-24,28-31,37,42-44H,7,11,16,18-20,25-27,32-36H2,1-6H3,(H,53,61)(H,54,63)(H,55,60)/t37-,42+,43+,44-,52+/m1/s1. The van der Waals surface area contributed by atoms with Gasteiger partial charge in [0.1, 0.15) is 35.5 Å². The zero-order valence-electron chi connectivity index (χ0n) is 39.6. The first-order chi connectivity index (χ1) is 31.6. The van der Waals surface area contributed by atoms with Crippen LogP contribution in [0.5, 0.6) is 5.75 Å². The van der Waals surface area contributed by atoms with Crippen molar-refractivity contribution in [3.05, 3.63) is 103 Å². The molecule has 3 aromatic carbocycles. The van der Waals surface area contributed by atoms with Crippen molar-refractivity contribution in [3.8, 4) is 5.75 Å². The van der Waals surface area contributed by atoms with Crippen LogP contribution in [0.1, 0.15) is 105 Å². The fourth-order valence-electron chi connectivity index (χ4n) is 9.33. The third-order valence-electron chi connectivity index (χ3n) is 13.4. The first-order valence-electron chi connectivity index (χ1n) is 23.8. The number of carbonyl (C=O) groups excluding carboxylic acids is 6. The molecule has 5 atom stereocenters. The van der Waals surface area contributed by atoms with E-state index in [1.807, 2.05) is 54.3 Å². The van der Waals surface area contributed by atoms with Crippen molar-refractivity contribution in [3.63, 3.8) is 0 Å². The number of carbonyl (C=O) groups is 6. The highest BCUT2D eigenvalue weighted by molar-refractivity contribution is 6.99. The number of fused-ring (bicyclic) bond motifs is 1. The predicted molar refractivity (Wildman–Crippen MR) is 258 cm³/mol. The minimum Gasteiger partial charge on any atom is -0.484 e. The van der Waals surface area contributed by atoms with E-state index in [1.165, 1.54) is 4.90 Å². The van der Waals surface area contributed by atoms with Gasteiger partial charge in [-0.05, 0) is 98.3 Å². The fourth-order valence-corrected chi connectivity index (χ4v) is 14.0. The monoisotopic (exact) mass is 919 g/mol. The third-order valence-corrected chi connectivity index (χ3v) is 18.6. The Morgan fingerprint density at radius 1 is 0.818 bits per heavy atom. The summed E-state index contributed by atoms with van der Waals surface area (Å²) >= 11 is 0. The quantitative estimate of drug-likeness (QED) is 0.132. The van der Waals surface area contributed by atoms with Crippen LogP contribution in [0.15, 0.2) is 97.1 Å². The van der Waals surface area contributed by atoms with E-state index in [1.54, 1.807) is 44.2 Å². The lowest BCUT2D eigenvalue weighted by Crippen LogP contribution is -2.68. The topological polar surface area (TPSA) is 163 Å². The largest absolute Gasteiger partial charge is 0.484 e. The summed E-state index contributed by atoms with van der Waals surface area (Å²) in [4.78, 5) is 86.1. The van der Waals surface area contributed by atoms with E-state index < -0.39 is 55.8 Å². The molecule has 0 aromatic heterocycles. The lowest BCUT2D eigenvalue weighted by atomic mass is 9.94. The second-order valence-electron chi connectivity index (χ2n) is 19.2. The maximum Gasteiger partial charge on any atom is 0.262 e. The van der Waals surface area contributed by atoms with Crippen molar-refractivity contribution in [1.82, 2.24) is 25.8 Å². The highest BCUT2D eigenvalue weighted by Gasteiger charge is 2.51. The molecule has 3 aliphatic heterocycles. The number of rotatable bonds is 16. The van der Waals surface area contributed by atoms with Crippen LogP contribution >= 0.6 is 0 Å². The summed E-state index contributed by atoms with van der Waals surface area (Å²) in [5, 5.41) is 10.6. The molecule has 354 valence electrons. The Morgan fingerprint density at radius 2 is 1.45 bits per heavy atom. The summed E-state index contributed by atoms with van der Waals surface area (Å²) in [5.74, 6) is -1.45. The maximum atomic E-state index is 14.3. The minimum absolute atomic E-state index is 0.0496. The molecule has 6 rings (SSSR count). The lowest BCUT2D eigenvalue weighted by Gasteiger charge is -2.44. The zero-order valence-corrected chi connectivity index (χ0v) is 40.6. The van der Waals surface area contributed by atoms with Gasteiger partial charge < -0.3 is 34.9 Å². The number of Topliss-reactive ketones (excluding diaryl/α,β-unsaturated/α-hetero) is 1. The van der Waals surface area contributed by atoms with Gasteiger partial charge >= 0.3 is 0 Å². The van der Waals surface area contributed by atoms with Gasteiger partial charge in [0, 0.05) is 32.5 Å². The molecule has 0 radical (unpaired) electrons. The van der Waals surface area contributed by atoms with Gasteiger partial charge in [0.15, 0.2) is 12.4 Å². The number of ketones is 1. The average Bonchev–Trinajstić information content (AvgIpc) is 3.82. The van der Waals surface area contributed by atoms with Crippen LogP contribution in [0.2, 0.25) is 5.04 Å². The summed E-state index contributed by atoms with van der Waals surface area (Å²) in [7, 11) is -2.95. The molecule has 3 aliphatic rings. The van der Waals surface area contributed by atoms with Crippen LogP contribution in [0.3, 0.4) is 0 Å². The number of piperidine rings is 1. The van der Waals surface area contributed by atoms with Gasteiger partial charge in [0.2, 0.25) is 23.6 Å². The smallest absolute Gasteiger partial charge is 0.262 e.